The zero-order chi connectivity index (χ0) is 12.1. The molecular weight excluding hydrogens is 212 g/mol. The Balaban J connectivity index is 2.04. The number of hydrogen-bond acceptors (Lipinski definition) is 3. The number of aliphatic imine (C=N–C) groups is 1. The summed E-state index contributed by atoms with van der Waals surface area (Å²) >= 11 is 0. The molecular formula is C14H20N2O. The van der Waals surface area contributed by atoms with Gasteiger partial charge in [0.2, 0.25) is 0 Å². The van der Waals surface area contributed by atoms with Crippen molar-refractivity contribution >= 4 is 5.84 Å². The van der Waals surface area contributed by atoms with Crippen LogP contribution in [0.3, 0.4) is 0 Å². The van der Waals surface area contributed by atoms with Crippen LogP contribution < -0.4 is 5.73 Å². The van der Waals surface area contributed by atoms with Crippen molar-refractivity contribution in [2.24, 2.45) is 16.6 Å². The smallest absolute Gasteiger partial charge is 0.102 e. The third-order valence-electron chi connectivity index (χ3n) is 3.38. The minimum absolute atomic E-state index is 0.299. The molecule has 1 aromatic rings. The molecule has 0 amide bonds. The zero-order valence-electron chi connectivity index (χ0n) is 10.3. The van der Waals surface area contributed by atoms with Gasteiger partial charge in [-0.1, -0.05) is 30.3 Å². The van der Waals surface area contributed by atoms with Crippen LogP contribution in [-0.4, -0.2) is 26.1 Å². The van der Waals surface area contributed by atoms with Gasteiger partial charge in [-0.05, 0) is 24.3 Å². The molecule has 3 nitrogen and oxygen atoms in total. The molecule has 2 rings (SSSR count). The first-order valence-corrected chi connectivity index (χ1v) is 6.16. The number of amidine groups is 1. The van der Waals surface area contributed by atoms with Gasteiger partial charge in [0, 0.05) is 26.2 Å². The molecule has 92 valence electrons. The van der Waals surface area contributed by atoms with Crippen LogP contribution in [0.4, 0.5) is 0 Å². The van der Waals surface area contributed by atoms with Gasteiger partial charge in [-0.15, -0.1) is 0 Å². The third kappa shape index (κ3) is 2.86. The molecule has 1 aliphatic rings. The molecule has 2 atom stereocenters. The van der Waals surface area contributed by atoms with Crippen molar-refractivity contribution < 1.29 is 4.74 Å². The van der Waals surface area contributed by atoms with E-state index in [9.17, 15) is 0 Å². The molecule has 3 heteroatoms. The lowest BCUT2D eigenvalue weighted by Crippen LogP contribution is -2.23. The molecule has 0 saturated heterocycles. The third-order valence-corrected chi connectivity index (χ3v) is 3.38. The molecule has 0 aliphatic carbocycles. The normalized spacial score (nSPS) is 23.7. The van der Waals surface area contributed by atoms with Crippen molar-refractivity contribution in [1.82, 2.24) is 0 Å². The van der Waals surface area contributed by atoms with Gasteiger partial charge >= 0.3 is 0 Å². The second-order valence-corrected chi connectivity index (χ2v) is 4.55. The van der Waals surface area contributed by atoms with E-state index in [0.717, 1.165) is 31.8 Å². The molecule has 0 saturated carbocycles. The van der Waals surface area contributed by atoms with E-state index in [1.54, 1.807) is 7.11 Å². The minimum Gasteiger partial charge on any atom is -0.387 e. The van der Waals surface area contributed by atoms with Crippen molar-refractivity contribution in [2.45, 2.75) is 18.8 Å². The zero-order valence-corrected chi connectivity index (χ0v) is 10.3. The maximum Gasteiger partial charge on any atom is 0.102 e. The van der Waals surface area contributed by atoms with Crippen molar-refractivity contribution in [3.63, 3.8) is 0 Å². The van der Waals surface area contributed by atoms with Gasteiger partial charge in [-0.2, -0.15) is 0 Å². The predicted molar refractivity (Wildman–Crippen MR) is 70.3 cm³/mol. The molecule has 1 heterocycles. The average Bonchev–Trinajstić information content (AvgIpc) is 2.72. The molecule has 0 bridgehead atoms. The molecule has 0 fully saturated rings. The summed E-state index contributed by atoms with van der Waals surface area (Å²) in [6.07, 6.45) is 2.20. The minimum atomic E-state index is 0.299. The first kappa shape index (κ1) is 12.1. The van der Waals surface area contributed by atoms with E-state index in [1.165, 1.54) is 5.56 Å². The number of hydrogen-bond donors (Lipinski definition) is 1. The molecule has 17 heavy (non-hydrogen) atoms. The highest BCUT2D eigenvalue weighted by Gasteiger charge is 2.30. The summed E-state index contributed by atoms with van der Waals surface area (Å²) in [4.78, 5) is 4.41. The van der Waals surface area contributed by atoms with E-state index >= 15 is 0 Å². The van der Waals surface area contributed by atoms with Crippen LogP contribution in [0.25, 0.3) is 0 Å². The van der Waals surface area contributed by atoms with Crippen LogP contribution in [0.1, 0.15) is 24.3 Å². The van der Waals surface area contributed by atoms with E-state index in [1.807, 2.05) is 6.07 Å². The molecule has 1 aromatic carbocycles. The van der Waals surface area contributed by atoms with Gasteiger partial charge in [-0.25, -0.2) is 0 Å². The number of ether oxygens (including phenoxy) is 1. The molecule has 0 spiro atoms. The largest absolute Gasteiger partial charge is 0.387 e. The molecule has 1 aliphatic heterocycles. The number of nitrogens with two attached hydrogens (primary N) is 1. The van der Waals surface area contributed by atoms with Crippen LogP contribution in [0, 0.1) is 5.92 Å². The number of nitrogens with zero attached hydrogens (tertiary/aromatic N) is 1. The quantitative estimate of drug-likeness (QED) is 0.791. The van der Waals surface area contributed by atoms with Crippen molar-refractivity contribution in [1.29, 1.82) is 0 Å². The van der Waals surface area contributed by atoms with Crippen LogP contribution in [-0.2, 0) is 4.74 Å². The first-order valence-electron chi connectivity index (χ1n) is 6.16. The van der Waals surface area contributed by atoms with Crippen molar-refractivity contribution in [3.05, 3.63) is 35.9 Å². The lowest BCUT2D eigenvalue weighted by atomic mass is 9.84. The monoisotopic (exact) mass is 232 g/mol. The second-order valence-electron chi connectivity index (χ2n) is 4.55. The van der Waals surface area contributed by atoms with Gasteiger partial charge in [0.1, 0.15) is 5.84 Å². The fourth-order valence-electron chi connectivity index (χ4n) is 2.52. The van der Waals surface area contributed by atoms with Gasteiger partial charge in [-0.3, -0.25) is 4.99 Å². The van der Waals surface area contributed by atoms with Gasteiger partial charge in [0.25, 0.3) is 0 Å². The second kappa shape index (κ2) is 5.82. The van der Waals surface area contributed by atoms with Gasteiger partial charge < -0.3 is 10.5 Å². The van der Waals surface area contributed by atoms with Gasteiger partial charge in [0.15, 0.2) is 0 Å². The number of methoxy groups -OCH3 is 1. The van der Waals surface area contributed by atoms with E-state index in [-0.39, 0.29) is 0 Å². The topological polar surface area (TPSA) is 47.6 Å². The van der Waals surface area contributed by atoms with E-state index < -0.39 is 0 Å². The van der Waals surface area contributed by atoms with Crippen LogP contribution >= 0.6 is 0 Å². The lowest BCUT2D eigenvalue weighted by Gasteiger charge is -2.19. The fourth-order valence-corrected chi connectivity index (χ4v) is 2.52. The maximum atomic E-state index is 6.02. The maximum absolute atomic E-state index is 6.02. The Morgan fingerprint density at radius 3 is 2.82 bits per heavy atom. The Morgan fingerprint density at radius 2 is 2.12 bits per heavy atom. The molecule has 0 aromatic heterocycles. The standard InChI is InChI=1S/C14H20N2O/c1-17-9-5-8-12-10-16-14(15)13(12)11-6-3-2-4-7-11/h2-4,6-7,12-13H,5,8-10H2,1H3,(H2,15,16)/t12-,13+/m0/s1. The van der Waals surface area contributed by atoms with Crippen LogP contribution in [0.2, 0.25) is 0 Å². The Labute approximate surface area is 103 Å². The Kier molecular flexibility index (Phi) is 4.15. The van der Waals surface area contributed by atoms with Crippen molar-refractivity contribution in [3.8, 4) is 0 Å². The highest BCUT2D eigenvalue weighted by Crippen LogP contribution is 2.32. The summed E-state index contributed by atoms with van der Waals surface area (Å²) in [6, 6.07) is 10.4. The summed E-state index contributed by atoms with van der Waals surface area (Å²) in [6.45, 7) is 1.67. The SMILES string of the molecule is COCCC[C@H]1CN=C(N)[C@@H]1c1ccccc1. The fraction of sp³-hybridized carbons (Fsp3) is 0.500. The number of rotatable bonds is 5. The van der Waals surface area contributed by atoms with E-state index in [2.05, 4.69) is 29.3 Å². The van der Waals surface area contributed by atoms with Crippen LogP contribution in [0.5, 0.6) is 0 Å². The summed E-state index contributed by atoms with van der Waals surface area (Å²) in [5, 5.41) is 0. The predicted octanol–water partition coefficient (Wildman–Crippen LogP) is 2.18. The first-order chi connectivity index (χ1) is 8.33. The summed E-state index contributed by atoms with van der Waals surface area (Å²) in [5.41, 5.74) is 7.31. The van der Waals surface area contributed by atoms with E-state index in [4.69, 9.17) is 10.5 Å². The summed E-state index contributed by atoms with van der Waals surface area (Å²) in [5.74, 6) is 1.62. The van der Waals surface area contributed by atoms with Crippen molar-refractivity contribution in [2.75, 3.05) is 20.3 Å². The highest BCUT2D eigenvalue weighted by molar-refractivity contribution is 5.89. The van der Waals surface area contributed by atoms with Gasteiger partial charge in [0.05, 0.1) is 0 Å². The summed E-state index contributed by atoms with van der Waals surface area (Å²) in [7, 11) is 1.74. The van der Waals surface area contributed by atoms with Crippen LogP contribution in [0.15, 0.2) is 35.3 Å². The Morgan fingerprint density at radius 1 is 1.35 bits per heavy atom. The lowest BCUT2D eigenvalue weighted by molar-refractivity contribution is 0.187. The Bertz CT molecular complexity index is 375. The summed E-state index contributed by atoms with van der Waals surface area (Å²) < 4.78 is 5.10. The number of benzene rings is 1. The molecule has 0 radical (unpaired) electrons. The molecule has 2 N–H and O–H groups in total. The average molecular weight is 232 g/mol. The molecule has 0 unspecified atom stereocenters. The Hall–Kier alpha value is -1.35. The van der Waals surface area contributed by atoms with E-state index in [0.29, 0.717) is 11.8 Å². The highest BCUT2D eigenvalue weighted by atomic mass is 16.5.